The molecular formula is C19H23N5O. The van der Waals surface area contributed by atoms with E-state index in [0.717, 1.165) is 30.2 Å². The van der Waals surface area contributed by atoms with Gasteiger partial charge in [-0.1, -0.05) is 18.2 Å². The number of ether oxygens (including phenoxy) is 1. The van der Waals surface area contributed by atoms with Crippen LogP contribution in [0, 0.1) is 0 Å². The van der Waals surface area contributed by atoms with Gasteiger partial charge in [-0.15, -0.1) is 0 Å². The maximum atomic E-state index is 5.77. The van der Waals surface area contributed by atoms with Crippen molar-refractivity contribution >= 4 is 5.84 Å². The van der Waals surface area contributed by atoms with E-state index in [1.165, 1.54) is 0 Å². The van der Waals surface area contributed by atoms with E-state index in [-0.39, 0.29) is 0 Å². The molecule has 3 aromatic rings. The number of rotatable bonds is 7. The van der Waals surface area contributed by atoms with E-state index in [9.17, 15) is 0 Å². The van der Waals surface area contributed by atoms with Crippen molar-refractivity contribution in [3.8, 4) is 5.75 Å². The van der Waals surface area contributed by atoms with Gasteiger partial charge in [0.1, 0.15) is 12.1 Å². The maximum absolute atomic E-state index is 5.77. The van der Waals surface area contributed by atoms with Gasteiger partial charge < -0.3 is 14.3 Å². The lowest BCUT2D eigenvalue weighted by molar-refractivity contribution is 0.301. The van der Waals surface area contributed by atoms with Crippen LogP contribution in [0.25, 0.3) is 0 Å². The Morgan fingerprint density at radius 1 is 1.12 bits per heavy atom. The molecule has 0 N–H and O–H groups in total. The summed E-state index contributed by atoms with van der Waals surface area (Å²) in [4.78, 5) is 4.13. The standard InChI is InChI=1S/C19H23N5O/c1-22(2)21-19(24-14-11-20-16-24)18-10-6-12-23(18)13-7-15-25-17-8-4-3-5-9-17/h3-6,8-12,14,16H,7,13,15H2,1-2H3/b21-19-. The zero-order valence-electron chi connectivity index (χ0n) is 14.6. The zero-order valence-corrected chi connectivity index (χ0v) is 14.6. The van der Waals surface area contributed by atoms with Gasteiger partial charge in [0, 0.05) is 39.2 Å². The Hall–Kier alpha value is -3.02. The topological polar surface area (TPSA) is 47.6 Å². The Labute approximate surface area is 148 Å². The van der Waals surface area contributed by atoms with Crippen LogP contribution in [0.15, 0.2) is 72.5 Å². The molecule has 0 unspecified atom stereocenters. The number of nitrogens with zero attached hydrogens (tertiary/aromatic N) is 5. The molecule has 1 aromatic carbocycles. The molecule has 0 amide bonds. The van der Waals surface area contributed by atoms with Crippen LogP contribution in [-0.4, -0.2) is 45.7 Å². The molecule has 2 aromatic heterocycles. The van der Waals surface area contributed by atoms with Gasteiger partial charge in [-0.05, 0) is 30.7 Å². The molecule has 0 aliphatic heterocycles. The van der Waals surface area contributed by atoms with Crippen molar-refractivity contribution in [1.82, 2.24) is 19.1 Å². The molecular weight excluding hydrogens is 314 g/mol. The second-order valence-electron chi connectivity index (χ2n) is 5.84. The van der Waals surface area contributed by atoms with E-state index >= 15 is 0 Å². The van der Waals surface area contributed by atoms with Gasteiger partial charge in [0.05, 0.1) is 12.3 Å². The summed E-state index contributed by atoms with van der Waals surface area (Å²) >= 11 is 0. The maximum Gasteiger partial charge on any atom is 0.181 e. The van der Waals surface area contributed by atoms with E-state index in [1.54, 1.807) is 17.5 Å². The van der Waals surface area contributed by atoms with Gasteiger partial charge in [0.15, 0.2) is 5.84 Å². The van der Waals surface area contributed by atoms with Crippen molar-refractivity contribution in [2.24, 2.45) is 5.10 Å². The summed E-state index contributed by atoms with van der Waals surface area (Å²) in [6.45, 7) is 1.53. The Morgan fingerprint density at radius 3 is 2.68 bits per heavy atom. The third-order valence-corrected chi connectivity index (χ3v) is 3.66. The molecule has 2 heterocycles. The predicted octanol–water partition coefficient (Wildman–Crippen LogP) is 2.93. The monoisotopic (exact) mass is 337 g/mol. The van der Waals surface area contributed by atoms with E-state index < -0.39 is 0 Å². The van der Waals surface area contributed by atoms with E-state index in [1.807, 2.05) is 61.3 Å². The van der Waals surface area contributed by atoms with Crippen LogP contribution >= 0.6 is 0 Å². The van der Waals surface area contributed by atoms with Crippen LogP contribution in [0.1, 0.15) is 12.1 Å². The van der Waals surface area contributed by atoms with Gasteiger partial charge in [-0.2, -0.15) is 5.10 Å². The number of imidazole rings is 1. The summed E-state index contributed by atoms with van der Waals surface area (Å²) in [5.41, 5.74) is 1.05. The predicted molar refractivity (Wildman–Crippen MR) is 98.8 cm³/mol. The summed E-state index contributed by atoms with van der Waals surface area (Å²) < 4.78 is 9.89. The molecule has 0 atom stereocenters. The van der Waals surface area contributed by atoms with E-state index in [2.05, 4.69) is 26.9 Å². The van der Waals surface area contributed by atoms with Gasteiger partial charge >= 0.3 is 0 Å². The first-order valence-electron chi connectivity index (χ1n) is 8.31. The van der Waals surface area contributed by atoms with Crippen LogP contribution in [0.5, 0.6) is 5.75 Å². The summed E-state index contributed by atoms with van der Waals surface area (Å²) in [5.74, 6) is 1.75. The highest BCUT2D eigenvalue weighted by molar-refractivity contribution is 5.98. The highest BCUT2D eigenvalue weighted by Crippen LogP contribution is 2.11. The van der Waals surface area contributed by atoms with Gasteiger partial charge in [-0.3, -0.25) is 4.57 Å². The van der Waals surface area contributed by atoms with Crippen molar-refractivity contribution in [2.75, 3.05) is 20.7 Å². The molecule has 25 heavy (non-hydrogen) atoms. The highest BCUT2D eigenvalue weighted by Gasteiger charge is 2.11. The molecule has 0 fully saturated rings. The minimum absolute atomic E-state index is 0.673. The second kappa shape index (κ2) is 8.19. The minimum Gasteiger partial charge on any atom is -0.494 e. The van der Waals surface area contributed by atoms with Crippen LogP contribution in [0.4, 0.5) is 0 Å². The number of para-hydroxylation sites is 1. The second-order valence-corrected chi connectivity index (χ2v) is 5.84. The largest absolute Gasteiger partial charge is 0.494 e. The highest BCUT2D eigenvalue weighted by atomic mass is 16.5. The number of hydrazone groups is 1. The Morgan fingerprint density at radius 2 is 1.96 bits per heavy atom. The average Bonchev–Trinajstić information content (AvgIpc) is 3.29. The summed E-state index contributed by atoms with van der Waals surface area (Å²) in [6.07, 6.45) is 8.40. The molecule has 0 aliphatic carbocycles. The van der Waals surface area contributed by atoms with Gasteiger partial charge in [-0.25, -0.2) is 4.98 Å². The minimum atomic E-state index is 0.673. The first kappa shape index (κ1) is 16.8. The molecule has 3 rings (SSSR count). The van der Waals surface area contributed by atoms with Crippen LogP contribution in [0.2, 0.25) is 0 Å². The Balaban J connectivity index is 1.67. The van der Waals surface area contributed by atoms with Crippen molar-refractivity contribution in [3.05, 3.63) is 73.1 Å². The number of aromatic nitrogens is 3. The number of hydrogen-bond donors (Lipinski definition) is 0. The Kier molecular flexibility index (Phi) is 5.51. The molecule has 0 bridgehead atoms. The SMILES string of the molecule is CN(C)/N=C(/c1cccn1CCCOc1ccccc1)n1ccnc1. The molecule has 0 saturated carbocycles. The molecule has 0 saturated heterocycles. The lowest BCUT2D eigenvalue weighted by atomic mass is 10.3. The molecule has 6 nitrogen and oxygen atoms in total. The fourth-order valence-electron chi connectivity index (χ4n) is 2.56. The first-order chi connectivity index (χ1) is 12.2. The number of aryl methyl sites for hydroxylation is 1. The van der Waals surface area contributed by atoms with Crippen LogP contribution in [-0.2, 0) is 6.54 Å². The zero-order chi connectivity index (χ0) is 17.5. The van der Waals surface area contributed by atoms with E-state index in [4.69, 9.17) is 4.74 Å². The first-order valence-corrected chi connectivity index (χ1v) is 8.31. The molecule has 130 valence electrons. The number of hydrogen-bond acceptors (Lipinski definition) is 4. The third kappa shape index (κ3) is 4.50. The van der Waals surface area contributed by atoms with Crippen LogP contribution in [0.3, 0.4) is 0 Å². The van der Waals surface area contributed by atoms with Gasteiger partial charge in [0.25, 0.3) is 0 Å². The fourth-order valence-corrected chi connectivity index (χ4v) is 2.56. The summed E-state index contributed by atoms with van der Waals surface area (Å²) in [5, 5.41) is 6.42. The summed E-state index contributed by atoms with van der Waals surface area (Å²) in [6, 6.07) is 14.0. The molecule has 6 heteroatoms. The lowest BCUT2D eigenvalue weighted by Crippen LogP contribution is -2.21. The van der Waals surface area contributed by atoms with Gasteiger partial charge in [0.2, 0.25) is 0 Å². The molecule has 0 spiro atoms. The van der Waals surface area contributed by atoms with Crippen molar-refractivity contribution in [2.45, 2.75) is 13.0 Å². The fraction of sp³-hybridized carbons (Fsp3) is 0.263. The van der Waals surface area contributed by atoms with E-state index in [0.29, 0.717) is 6.61 Å². The molecule has 0 aliphatic rings. The Bertz CT molecular complexity index is 790. The summed E-state index contributed by atoms with van der Waals surface area (Å²) in [7, 11) is 3.83. The lowest BCUT2D eigenvalue weighted by Gasteiger charge is -2.15. The smallest absolute Gasteiger partial charge is 0.181 e. The van der Waals surface area contributed by atoms with Crippen LogP contribution < -0.4 is 4.74 Å². The molecule has 0 radical (unpaired) electrons. The van der Waals surface area contributed by atoms with Crippen molar-refractivity contribution in [3.63, 3.8) is 0 Å². The third-order valence-electron chi connectivity index (χ3n) is 3.66. The quantitative estimate of drug-likeness (QED) is 0.288. The van der Waals surface area contributed by atoms with Crippen molar-refractivity contribution < 1.29 is 4.74 Å². The average molecular weight is 337 g/mol. The normalized spacial score (nSPS) is 11.5. The number of benzene rings is 1. The van der Waals surface area contributed by atoms with Crippen molar-refractivity contribution in [1.29, 1.82) is 0 Å².